The Morgan fingerprint density at radius 1 is 1.55 bits per heavy atom. The first-order valence-electron chi connectivity index (χ1n) is 3.91. The SMILES string of the molecule is CCNC1=C(F)C(C)(C)C=C1. The van der Waals surface area contributed by atoms with Crippen molar-refractivity contribution in [3.8, 4) is 0 Å². The minimum absolute atomic E-state index is 0.0562. The van der Waals surface area contributed by atoms with E-state index < -0.39 is 5.41 Å². The average Bonchev–Trinajstić information content (AvgIpc) is 2.17. The number of hydrogen-bond donors (Lipinski definition) is 1. The Hall–Kier alpha value is -0.790. The maximum Gasteiger partial charge on any atom is 0.132 e. The van der Waals surface area contributed by atoms with E-state index in [2.05, 4.69) is 5.32 Å². The summed E-state index contributed by atoms with van der Waals surface area (Å²) >= 11 is 0. The fourth-order valence-electron chi connectivity index (χ4n) is 1.11. The molecule has 0 saturated carbocycles. The van der Waals surface area contributed by atoms with Crippen LogP contribution in [0.5, 0.6) is 0 Å². The number of rotatable bonds is 2. The Bertz CT molecular complexity index is 214. The van der Waals surface area contributed by atoms with E-state index >= 15 is 0 Å². The maximum atomic E-state index is 13.3. The molecule has 0 unspecified atom stereocenters. The van der Waals surface area contributed by atoms with Gasteiger partial charge in [0.1, 0.15) is 5.83 Å². The molecule has 0 amide bonds. The van der Waals surface area contributed by atoms with E-state index in [1.807, 2.05) is 26.8 Å². The fourth-order valence-corrected chi connectivity index (χ4v) is 1.11. The van der Waals surface area contributed by atoms with Gasteiger partial charge in [-0.1, -0.05) is 6.08 Å². The van der Waals surface area contributed by atoms with E-state index in [0.717, 1.165) is 6.54 Å². The minimum Gasteiger partial charge on any atom is -0.383 e. The van der Waals surface area contributed by atoms with Crippen LogP contribution in [-0.2, 0) is 0 Å². The van der Waals surface area contributed by atoms with Gasteiger partial charge in [0.25, 0.3) is 0 Å². The largest absolute Gasteiger partial charge is 0.383 e. The van der Waals surface area contributed by atoms with Gasteiger partial charge in [-0.2, -0.15) is 0 Å². The second kappa shape index (κ2) is 2.68. The Labute approximate surface area is 67.0 Å². The quantitative estimate of drug-likeness (QED) is 0.645. The monoisotopic (exact) mass is 155 g/mol. The van der Waals surface area contributed by atoms with Gasteiger partial charge < -0.3 is 5.32 Å². The lowest BCUT2D eigenvalue weighted by molar-refractivity contribution is 0.428. The van der Waals surface area contributed by atoms with Gasteiger partial charge >= 0.3 is 0 Å². The molecule has 1 N–H and O–H groups in total. The molecule has 0 aromatic rings. The zero-order valence-corrected chi connectivity index (χ0v) is 7.24. The Balaban J connectivity index is 2.81. The number of halogens is 1. The van der Waals surface area contributed by atoms with Crippen molar-refractivity contribution in [2.75, 3.05) is 6.54 Å². The molecule has 62 valence electrons. The van der Waals surface area contributed by atoms with Crippen molar-refractivity contribution >= 4 is 0 Å². The van der Waals surface area contributed by atoms with E-state index in [4.69, 9.17) is 0 Å². The smallest absolute Gasteiger partial charge is 0.132 e. The molecule has 11 heavy (non-hydrogen) atoms. The highest BCUT2D eigenvalue weighted by atomic mass is 19.1. The van der Waals surface area contributed by atoms with E-state index in [0.29, 0.717) is 5.70 Å². The predicted molar refractivity (Wildman–Crippen MR) is 44.7 cm³/mol. The van der Waals surface area contributed by atoms with Crippen LogP contribution in [0, 0.1) is 5.41 Å². The first-order chi connectivity index (χ1) is 5.08. The molecule has 0 aromatic carbocycles. The molecule has 0 radical (unpaired) electrons. The molecule has 1 rings (SSSR count). The summed E-state index contributed by atoms with van der Waals surface area (Å²) in [4.78, 5) is 0. The summed E-state index contributed by atoms with van der Waals surface area (Å²) in [6.07, 6.45) is 3.68. The molecule has 0 bridgehead atoms. The van der Waals surface area contributed by atoms with Crippen LogP contribution in [0.15, 0.2) is 23.7 Å². The molecule has 0 aromatic heterocycles. The average molecular weight is 155 g/mol. The number of likely N-dealkylation sites (N-methyl/N-ethyl adjacent to an activating group) is 1. The predicted octanol–water partition coefficient (Wildman–Crippen LogP) is 2.37. The summed E-state index contributed by atoms with van der Waals surface area (Å²) in [5.41, 5.74) is 0.231. The third-order valence-corrected chi connectivity index (χ3v) is 1.84. The third-order valence-electron chi connectivity index (χ3n) is 1.84. The molecule has 0 saturated heterocycles. The highest BCUT2D eigenvalue weighted by molar-refractivity contribution is 5.35. The van der Waals surface area contributed by atoms with E-state index in [1.165, 1.54) is 0 Å². The Kier molecular flexibility index (Phi) is 2.03. The first-order valence-corrected chi connectivity index (χ1v) is 3.91. The summed E-state index contributed by atoms with van der Waals surface area (Å²) in [6, 6.07) is 0. The van der Waals surface area contributed by atoms with Crippen molar-refractivity contribution < 1.29 is 4.39 Å². The van der Waals surface area contributed by atoms with Gasteiger partial charge in [-0.05, 0) is 26.8 Å². The van der Waals surface area contributed by atoms with Gasteiger partial charge in [-0.25, -0.2) is 4.39 Å². The molecule has 0 heterocycles. The summed E-state index contributed by atoms with van der Waals surface area (Å²) < 4.78 is 13.3. The van der Waals surface area contributed by atoms with Crippen molar-refractivity contribution in [2.24, 2.45) is 5.41 Å². The van der Waals surface area contributed by atoms with Gasteiger partial charge in [-0.15, -0.1) is 0 Å². The van der Waals surface area contributed by atoms with Crippen LogP contribution >= 0.6 is 0 Å². The highest BCUT2D eigenvalue weighted by Gasteiger charge is 2.27. The molecule has 1 nitrogen and oxygen atoms in total. The van der Waals surface area contributed by atoms with Gasteiger partial charge in [0.05, 0.1) is 5.70 Å². The zero-order valence-electron chi connectivity index (χ0n) is 7.24. The zero-order chi connectivity index (χ0) is 8.48. The third kappa shape index (κ3) is 1.44. The van der Waals surface area contributed by atoms with Crippen LogP contribution in [0.1, 0.15) is 20.8 Å². The van der Waals surface area contributed by atoms with Crippen molar-refractivity contribution in [2.45, 2.75) is 20.8 Å². The molecule has 2 heteroatoms. The molecule has 0 fully saturated rings. The van der Waals surface area contributed by atoms with Crippen LogP contribution in [-0.4, -0.2) is 6.54 Å². The molecule has 0 spiro atoms. The topological polar surface area (TPSA) is 12.0 Å². The Morgan fingerprint density at radius 2 is 2.18 bits per heavy atom. The van der Waals surface area contributed by atoms with E-state index in [1.54, 1.807) is 6.08 Å². The van der Waals surface area contributed by atoms with Crippen molar-refractivity contribution in [1.82, 2.24) is 5.32 Å². The summed E-state index contributed by atoms with van der Waals surface area (Å²) in [7, 11) is 0. The van der Waals surface area contributed by atoms with Crippen LogP contribution < -0.4 is 5.32 Å². The summed E-state index contributed by atoms with van der Waals surface area (Å²) in [5, 5.41) is 2.97. The lowest BCUT2D eigenvalue weighted by Crippen LogP contribution is -2.13. The van der Waals surface area contributed by atoms with Crippen LogP contribution in [0.25, 0.3) is 0 Å². The highest BCUT2D eigenvalue weighted by Crippen LogP contribution is 2.36. The molecule has 0 atom stereocenters. The lowest BCUT2D eigenvalue weighted by Gasteiger charge is -2.13. The second-order valence-electron chi connectivity index (χ2n) is 3.31. The van der Waals surface area contributed by atoms with E-state index in [9.17, 15) is 4.39 Å². The number of allylic oxidation sites excluding steroid dienone is 3. The van der Waals surface area contributed by atoms with Crippen molar-refractivity contribution in [3.63, 3.8) is 0 Å². The Morgan fingerprint density at radius 3 is 2.55 bits per heavy atom. The van der Waals surface area contributed by atoms with Crippen LogP contribution in [0.4, 0.5) is 4.39 Å². The van der Waals surface area contributed by atoms with Crippen molar-refractivity contribution in [3.05, 3.63) is 23.7 Å². The summed E-state index contributed by atoms with van der Waals surface area (Å²) in [5.74, 6) is -0.0562. The van der Waals surface area contributed by atoms with Gasteiger partial charge in [0, 0.05) is 12.0 Å². The number of hydrogen-bond acceptors (Lipinski definition) is 1. The minimum atomic E-state index is -0.405. The maximum absolute atomic E-state index is 13.3. The normalized spacial score (nSPS) is 21.1. The van der Waals surface area contributed by atoms with Gasteiger partial charge in [-0.3, -0.25) is 0 Å². The van der Waals surface area contributed by atoms with Gasteiger partial charge in [0.15, 0.2) is 0 Å². The van der Waals surface area contributed by atoms with Crippen molar-refractivity contribution in [1.29, 1.82) is 0 Å². The van der Waals surface area contributed by atoms with E-state index in [-0.39, 0.29) is 5.83 Å². The molecular weight excluding hydrogens is 141 g/mol. The first kappa shape index (κ1) is 8.31. The summed E-state index contributed by atoms with van der Waals surface area (Å²) in [6.45, 7) is 6.45. The fraction of sp³-hybridized carbons (Fsp3) is 0.556. The molecular formula is C9H14FN. The van der Waals surface area contributed by atoms with Crippen LogP contribution in [0.2, 0.25) is 0 Å². The molecule has 1 aliphatic rings. The molecule has 1 aliphatic carbocycles. The molecule has 0 aliphatic heterocycles. The standard InChI is InChI=1S/C9H14FN/c1-4-11-7-5-6-9(2,3)8(7)10/h5-6,11H,4H2,1-3H3. The number of nitrogens with one attached hydrogen (secondary N) is 1. The lowest BCUT2D eigenvalue weighted by atomic mass is 9.95. The van der Waals surface area contributed by atoms with Gasteiger partial charge in [0.2, 0.25) is 0 Å². The second-order valence-corrected chi connectivity index (χ2v) is 3.31. The van der Waals surface area contributed by atoms with Crippen LogP contribution in [0.3, 0.4) is 0 Å².